The third-order valence-corrected chi connectivity index (χ3v) is 2.98. The molecule has 0 fully saturated rings. The molecule has 0 amide bonds. The molecule has 1 aromatic carbocycles. The van der Waals surface area contributed by atoms with Crippen molar-refractivity contribution in [2.45, 2.75) is 25.9 Å². The number of benzene rings is 1. The largest absolute Gasteiger partial charge is 0.396 e. The van der Waals surface area contributed by atoms with Crippen LogP contribution in [0.4, 0.5) is 0 Å². The van der Waals surface area contributed by atoms with Crippen molar-refractivity contribution in [1.29, 1.82) is 0 Å². The minimum atomic E-state index is -0.847. The number of aliphatic hydroxyl groups is 2. The predicted molar refractivity (Wildman–Crippen MR) is 69.7 cm³/mol. The molecule has 2 atom stereocenters. The number of aliphatic hydroxyl groups excluding tert-OH is 1. The average molecular weight is 237 g/mol. The molecule has 3 N–H and O–H groups in total. The lowest BCUT2D eigenvalue weighted by Crippen LogP contribution is -2.37. The van der Waals surface area contributed by atoms with Gasteiger partial charge in [0.1, 0.15) is 0 Å². The SMILES string of the molecule is CC(CCO)CNCC(C)(O)c1ccccc1. The van der Waals surface area contributed by atoms with Crippen molar-refractivity contribution in [1.82, 2.24) is 5.32 Å². The second-order valence-corrected chi connectivity index (χ2v) is 4.89. The first kappa shape index (κ1) is 14.2. The Hall–Kier alpha value is -0.900. The zero-order chi connectivity index (χ0) is 12.7. The summed E-state index contributed by atoms with van der Waals surface area (Å²) in [6, 6.07) is 9.66. The monoisotopic (exact) mass is 237 g/mol. The lowest BCUT2D eigenvalue weighted by molar-refractivity contribution is 0.0559. The minimum Gasteiger partial charge on any atom is -0.396 e. The number of rotatable bonds is 7. The molecule has 0 heterocycles. The van der Waals surface area contributed by atoms with Crippen LogP contribution in [0.2, 0.25) is 0 Å². The summed E-state index contributed by atoms with van der Waals surface area (Å²) in [5.74, 6) is 0.423. The Kier molecular flexibility index (Phi) is 5.62. The zero-order valence-corrected chi connectivity index (χ0v) is 10.7. The van der Waals surface area contributed by atoms with Gasteiger partial charge in [0.05, 0.1) is 5.60 Å². The average Bonchev–Trinajstić information content (AvgIpc) is 2.30. The van der Waals surface area contributed by atoms with E-state index < -0.39 is 5.60 Å². The Labute approximate surface area is 103 Å². The summed E-state index contributed by atoms with van der Waals surface area (Å²) in [4.78, 5) is 0. The molecule has 0 aliphatic rings. The summed E-state index contributed by atoms with van der Waals surface area (Å²) in [6.07, 6.45) is 0.792. The zero-order valence-electron chi connectivity index (χ0n) is 10.7. The van der Waals surface area contributed by atoms with Gasteiger partial charge >= 0.3 is 0 Å². The Morgan fingerprint density at radius 1 is 1.29 bits per heavy atom. The van der Waals surface area contributed by atoms with Crippen LogP contribution in [0.1, 0.15) is 25.8 Å². The summed E-state index contributed by atoms with van der Waals surface area (Å²) in [7, 11) is 0. The summed E-state index contributed by atoms with van der Waals surface area (Å²) in [6.45, 7) is 5.45. The summed E-state index contributed by atoms with van der Waals surface area (Å²) >= 11 is 0. The molecule has 0 radical (unpaired) electrons. The van der Waals surface area contributed by atoms with E-state index in [-0.39, 0.29) is 6.61 Å². The van der Waals surface area contributed by atoms with Crippen LogP contribution < -0.4 is 5.32 Å². The van der Waals surface area contributed by atoms with Gasteiger partial charge in [0.15, 0.2) is 0 Å². The number of nitrogens with one attached hydrogen (secondary N) is 1. The third kappa shape index (κ3) is 4.86. The molecule has 0 bridgehead atoms. The fourth-order valence-corrected chi connectivity index (χ4v) is 1.78. The molecule has 0 aliphatic carbocycles. The molecule has 1 rings (SSSR count). The van der Waals surface area contributed by atoms with Crippen molar-refractivity contribution in [3.8, 4) is 0 Å². The minimum absolute atomic E-state index is 0.220. The molecule has 17 heavy (non-hydrogen) atoms. The van der Waals surface area contributed by atoms with Crippen molar-refractivity contribution in [2.24, 2.45) is 5.92 Å². The van der Waals surface area contributed by atoms with Crippen LogP contribution in [-0.2, 0) is 5.60 Å². The van der Waals surface area contributed by atoms with E-state index in [1.165, 1.54) is 0 Å². The van der Waals surface area contributed by atoms with Crippen LogP contribution >= 0.6 is 0 Å². The molecule has 3 heteroatoms. The Balaban J connectivity index is 2.40. The molecular formula is C14H23NO2. The van der Waals surface area contributed by atoms with Gasteiger partial charge in [-0.15, -0.1) is 0 Å². The van der Waals surface area contributed by atoms with E-state index >= 15 is 0 Å². The van der Waals surface area contributed by atoms with Crippen molar-refractivity contribution < 1.29 is 10.2 Å². The topological polar surface area (TPSA) is 52.5 Å². The molecule has 0 saturated heterocycles. The molecular weight excluding hydrogens is 214 g/mol. The summed E-state index contributed by atoms with van der Waals surface area (Å²) < 4.78 is 0. The predicted octanol–water partition coefficient (Wildman–Crippen LogP) is 1.50. The van der Waals surface area contributed by atoms with Gasteiger partial charge in [-0.2, -0.15) is 0 Å². The first-order valence-corrected chi connectivity index (χ1v) is 6.16. The van der Waals surface area contributed by atoms with Crippen molar-refractivity contribution in [3.05, 3.63) is 35.9 Å². The fourth-order valence-electron chi connectivity index (χ4n) is 1.78. The van der Waals surface area contributed by atoms with Gasteiger partial charge in [0.25, 0.3) is 0 Å². The number of hydrogen-bond donors (Lipinski definition) is 3. The molecule has 96 valence electrons. The van der Waals surface area contributed by atoms with E-state index in [1.807, 2.05) is 37.3 Å². The number of hydrogen-bond acceptors (Lipinski definition) is 3. The highest BCUT2D eigenvalue weighted by Crippen LogP contribution is 2.18. The molecule has 2 unspecified atom stereocenters. The second kappa shape index (κ2) is 6.74. The quantitative estimate of drug-likeness (QED) is 0.673. The van der Waals surface area contributed by atoms with E-state index in [1.54, 1.807) is 0 Å². The standard InChI is InChI=1S/C14H23NO2/c1-12(8-9-16)10-15-11-14(2,17)13-6-4-3-5-7-13/h3-7,12,15-17H,8-11H2,1-2H3. The van der Waals surface area contributed by atoms with Crippen LogP contribution in [0.15, 0.2) is 30.3 Å². The van der Waals surface area contributed by atoms with Crippen LogP contribution in [-0.4, -0.2) is 29.9 Å². The van der Waals surface area contributed by atoms with Gasteiger partial charge in [-0.1, -0.05) is 37.3 Å². The highest BCUT2D eigenvalue weighted by molar-refractivity contribution is 5.21. The van der Waals surface area contributed by atoms with Gasteiger partial charge in [-0.25, -0.2) is 0 Å². The molecule has 0 aliphatic heterocycles. The fraction of sp³-hybridized carbons (Fsp3) is 0.571. The maximum absolute atomic E-state index is 10.3. The van der Waals surface area contributed by atoms with Gasteiger partial charge < -0.3 is 15.5 Å². The van der Waals surface area contributed by atoms with Gasteiger partial charge in [0, 0.05) is 13.2 Å². The smallest absolute Gasteiger partial charge is 0.0992 e. The Bertz CT molecular complexity index is 311. The lowest BCUT2D eigenvalue weighted by Gasteiger charge is -2.25. The van der Waals surface area contributed by atoms with Crippen molar-refractivity contribution >= 4 is 0 Å². The molecule has 3 nitrogen and oxygen atoms in total. The van der Waals surface area contributed by atoms with Crippen LogP contribution in [0.5, 0.6) is 0 Å². The normalized spacial score (nSPS) is 16.5. The first-order valence-electron chi connectivity index (χ1n) is 6.16. The maximum Gasteiger partial charge on any atom is 0.0992 e. The van der Waals surface area contributed by atoms with Gasteiger partial charge in [-0.05, 0) is 31.4 Å². The molecule has 0 aromatic heterocycles. The lowest BCUT2D eigenvalue weighted by atomic mass is 9.96. The van der Waals surface area contributed by atoms with E-state index in [0.717, 1.165) is 18.5 Å². The van der Waals surface area contributed by atoms with Crippen molar-refractivity contribution in [3.63, 3.8) is 0 Å². The van der Waals surface area contributed by atoms with Crippen LogP contribution in [0, 0.1) is 5.92 Å². The Morgan fingerprint density at radius 3 is 2.53 bits per heavy atom. The third-order valence-electron chi connectivity index (χ3n) is 2.98. The van der Waals surface area contributed by atoms with E-state index in [4.69, 9.17) is 5.11 Å². The summed E-state index contributed by atoms with van der Waals surface area (Å²) in [5.41, 5.74) is 0.0718. The van der Waals surface area contributed by atoms with Crippen LogP contribution in [0.25, 0.3) is 0 Å². The van der Waals surface area contributed by atoms with E-state index in [0.29, 0.717) is 12.5 Å². The highest BCUT2D eigenvalue weighted by atomic mass is 16.3. The Morgan fingerprint density at radius 2 is 1.94 bits per heavy atom. The second-order valence-electron chi connectivity index (χ2n) is 4.89. The molecule has 1 aromatic rings. The maximum atomic E-state index is 10.3. The van der Waals surface area contributed by atoms with Crippen molar-refractivity contribution in [2.75, 3.05) is 19.7 Å². The van der Waals surface area contributed by atoms with E-state index in [2.05, 4.69) is 12.2 Å². The molecule has 0 saturated carbocycles. The first-order chi connectivity index (χ1) is 8.06. The molecule has 0 spiro atoms. The van der Waals surface area contributed by atoms with Crippen LogP contribution in [0.3, 0.4) is 0 Å². The van der Waals surface area contributed by atoms with Gasteiger partial charge in [0.2, 0.25) is 0 Å². The highest BCUT2D eigenvalue weighted by Gasteiger charge is 2.22. The van der Waals surface area contributed by atoms with E-state index in [9.17, 15) is 5.11 Å². The van der Waals surface area contributed by atoms with Gasteiger partial charge in [-0.3, -0.25) is 0 Å². The summed E-state index contributed by atoms with van der Waals surface area (Å²) in [5, 5.41) is 22.4.